The van der Waals surface area contributed by atoms with Crippen molar-refractivity contribution in [2.75, 3.05) is 25.0 Å². The first-order chi connectivity index (χ1) is 12.0. The van der Waals surface area contributed by atoms with E-state index in [0.717, 1.165) is 30.6 Å². The summed E-state index contributed by atoms with van der Waals surface area (Å²) in [7, 11) is 2.93. The van der Waals surface area contributed by atoms with Gasteiger partial charge in [-0.05, 0) is 17.5 Å². The Morgan fingerprint density at radius 2 is 1.88 bits per heavy atom. The van der Waals surface area contributed by atoms with Crippen LogP contribution in [0.2, 0.25) is 0 Å². The lowest BCUT2D eigenvalue weighted by Crippen LogP contribution is -2.40. The van der Waals surface area contributed by atoms with E-state index < -0.39 is 11.2 Å². The molecule has 3 rings (SSSR count). The van der Waals surface area contributed by atoms with Crippen LogP contribution in [-0.4, -0.2) is 33.7 Å². The molecular formula is C18H21N5O2. The zero-order valence-corrected chi connectivity index (χ0v) is 14.5. The van der Waals surface area contributed by atoms with E-state index in [1.165, 1.54) is 22.7 Å². The molecule has 0 amide bonds. The molecule has 2 heterocycles. The van der Waals surface area contributed by atoms with Crippen LogP contribution in [0, 0.1) is 11.3 Å². The second-order valence-electron chi connectivity index (χ2n) is 6.26. The highest BCUT2D eigenvalue weighted by Gasteiger charge is 2.17. The SMILES string of the molecule is Cn1c(NCCN2CCc3ccccc3C2)c(C#N)c(=O)n(C)c1=O. The van der Waals surface area contributed by atoms with Gasteiger partial charge in [0.05, 0.1) is 0 Å². The van der Waals surface area contributed by atoms with E-state index in [0.29, 0.717) is 6.54 Å². The number of aromatic nitrogens is 2. The number of benzene rings is 1. The quantitative estimate of drug-likeness (QED) is 0.873. The highest BCUT2D eigenvalue weighted by atomic mass is 16.2. The molecule has 130 valence electrons. The minimum absolute atomic E-state index is 0.0337. The predicted octanol–water partition coefficient (Wildman–Crippen LogP) is 0.426. The number of nitrogens with one attached hydrogen (secondary N) is 1. The normalized spacial score (nSPS) is 14.0. The van der Waals surface area contributed by atoms with Crippen LogP contribution in [0.5, 0.6) is 0 Å². The number of rotatable bonds is 4. The van der Waals surface area contributed by atoms with Crippen LogP contribution >= 0.6 is 0 Å². The van der Waals surface area contributed by atoms with Gasteiger partial charge in [-0.1, -0.05) is 24.3 Å². The van der Waals surface area contributed by atoms with Crippen LogP contribution in [-0.2, 0) is 27.1 Å². The maximum atomic E-state index is 12.1. The minimum atomic E-state index is -0.569. The van der Waals surface area contributed by atoms with Crippen LogP contribution < -0.4 is 16.6 Å². The molecule has 2 aromatic rings. The van der Waals surface area contributed by atoms with Crippen LogP contribution in [0.4, 0.5) is 5.82 Å². The van der Waals surface area contributed by atoms with E-state index in [1.807, 2.05) is 6.07 Å². The number of nitrogens with zero attached hydrogens (tertiary/aromatic N) is 4. The van der Waals surface area contributed by atoms with Gasteiger partial charge in [0.15, 0.2) is 5.56 Å². The van der Waals surface area contributed by atoms with Gasteiger partial charge in [0.2, 0.25) is 0 Å². The van der Waals surface area contributed by atoms with Crippen LogP contribution in [0.3, 0.4) is 0 Å². The Labute approximate surface area is 145 Å². The molecule has 0 radical (unpaired) electrons. The summed E-state index contributed by atoms with van der Waals surface area (Å²) >= 11 is 0. The number of nitriles is 1. The summed E-state index contributed by atoms with van der Waals surface area (Å²) in [6, 6.07) is 10.3. The fourth-order valence-electron chi connectivity index (χ4n) is 3.23. The number of hydrogen-bond acceptors (Lipinski definition) is 5. The molecule has 0 atom stereocenters. The van der Waals surface area contributed by atoms with Gasteiger partial charge in [0.25, 0.3) is 5.56 Å². The molecule has 0 saturated carbocycles. The van der Waals surface area contributed by atoms with Crippen molar-refractivity contribution >= 4 is 5.82 Å². The largest absolute Gasteiger partial charge is 0.369 e. The lowest BCUT2D eigenvalue weighted by atomic mass is 10.00. The van der Waals surface area contributed by atoms with E-state index in [9.17, 15) is 14.9 Å². The lowest BCUT2D eigenvalue weighted by molar-refractivity contribution is 0.264. The van der Waals surface area contributed by atoms with Crippen molar-refractivity contribution < 1.29 is 0 Å². The maximum absolute atomic E-state index is 12.1. The summed E-state index contributed by atoms with van der Waals surface area (Å²) in [6.45, 7) is 3.18. The first kappa shape index (κ1) is 17.0. The number of fused-ring (bicyclic) bond motifs is 1. The van der Waals surface area contributed by atoms with Crippen molar-refractivity contribution in [1.29, 1.82) is 5.26 Å². The van der Waals surface area contributed by atoms with Crippen LogP contribution in [0.25, 0.3) is 0 Å². The Morgan fingerprint density at radius 3 is 2.60 bits per heavy atom. The average molecular weight is 339 g/mol. The van der Waals surface area contributed by atoms with Gasteiger partial charge < -0.3 is 5.32 Å². The highest BCUT2D eigenvalue weighted by Crippen LogP contribution is 2.18. The summed E-state index contributed by atoms with van der Waals surface area (Å²) in [6.07, 6.45) is 1.02. The van der Waals surface area contributed by atoms with Crippen molar-refractivity contribution in [2.24, 2.45) is 14.1 Å². The van der Waals surface area contributed by atoms with E-state index in [2.05, 4.69) is 34.5 Å². The lowest BCUT2D eigenvalue weighted by Gasteiger charge is -2.29. The third-order valence-electron chi connectivity index (χ3n) is 4.71. The fraction of sp³-hybridized carbons (Fsp3) is 0.389. The van der Waals surface area contributed by atoms with Gasteiger partial charge in [-0.25, -0.2) is 4.79 Å². The van der Waals surface area contributed by atoms with Crippen LogP contribution in [0.1, 0.15) is 16.7 Å². The van der Waals surface area contributed by atoms with Gasteiger partial charge in [0.1, 0.15) is 11.9 Å². The molecule has 0 fully saturated rings. The average Bonchev–Trinajstić information content (AvgIpc) is 2.64. The van der Waals surface area contributed by atoms with Crippen molar-refractivity contribution in [3.63, 3.8) is 0 Å². The van der Waals surface area contributed by atoms with Crippen molar-refractivity contribution in [3.05, 3.63) is 61.8 Å². The molecule has 0 unspecified atom stereocenters. The molecule has 1 aliphatic rings. The molecule has 1 aromatic heterocycles. The summed E-state index contributed by atoms with van der Waals surface area (Å²) in [4.78, 5) is 26.4. The van der Waals surface area contributed by atoms with Crippen LogP contribution in [0.15, 0.2) is 33.9 Å². The number of hydrogen-bond donors (Lipinski definition) is 1. The minimum Gasteiger partial charge on any atom is -0.369 e. The van der Waals surface area contributed by atoms with Gasteiger partial charge in [-0.3, -0.25) is 18.8 Å². The molecule has 0 saturated heterocycles. The number of anilines is 1. The summed E-state index contributed by atoms with van der Waals surface area (Å²) in [5.41, 5.74) is 1.69. The third kappa shape index (κ3) is 3.21. The first-order valence-electron chi connectivity index (χ1n) is 8.26. The smallest absolute Gasteiger partial charge is 0.332 e. The topological polar surface area (TPSA) is 83.1 Å². The second kappa shape index (κ2) is 6.95. The van der Waals surface area contributed by atoms with Gasteiger partial charge in [-0.2, -0.15) is 5.26 Å². The first-order valence-corrected chi connectivity index (χ1v) is 8.26. The molecule has 1 aromatic carbocycles. The molecule has 25 heavy (non-hydrogen) atoms. The Morgan fingerprint density at radius 1 is 1.16 bits per heavy atom. The standard InChI is InChI=1S/C18H21N5O2/c1-21-16(15(11-19)17(24)22(2)18(21)25)20-8-10-23-9-7-13-5-3-4-6-14(13)12-23/h3-6,20H,7-10,12H2,1-2H3. The molecule has 0 spiro atoms. The monoisotopic (exact) mass is 339 g/mol. The zero-order valence-electron chi connectivity index (χ0n) is 14.5. The van der Waals surface area contributed by atoms with Crippen molar-refractivity contribution in [3.8, 4) is 6.07 Å². The van der Waals surface area contributed by atoms with E-state index >= 15 is 0 Å². The molecule has 1 aliphatic heterocycles. The molecular weight excluding hydrogens is 318 g/mol. The van der Waals surface area contributed by atoms with E-state index in [4.69, 9.17) is 0 Å². The highest BCUT2D eigenvalue weighted by molar-refractivity contribution is 5.51. The fourth-order valence-corrected chi connectivity index (χ4v) is 3.23. The summed E-state index contributed by atoms with van der Waals surface area (Å²) < 4.78 is 2.26. The Kier molecular flexibility index (Phi) is 4.72. The Balaban J connectivity index is 1.71. The van der Waals surface area contributed by atoms with Gasteiger partial charge >= 0.3 is 5.69 Å². The molecule has 7 heteroatoms. The second-order valence-corrected chi connectivity index (χ2v) is 6.26. The Hall–Kier alpha value is -2.85. The van der Waals surface area contributed by atoms with Gasteiger partial charge in [-0.15, -0.1) is 0 Å². The molecule has 0 bridgehead atoms. The molecule has 1 N–H and O–H groups in total. The predicted molar refractivity (Wildman–Crippen MR) is 95.6 cm³/mol. The molecule has 7 nitrogen and oxygen atoms in total. The molecule has 0 aliphatic carbocycles. The van der Waals surface area contributed by atoms with E-state index in [-0.39, 0.29) is 11.4 Å². The summed E-state index contributed by atoms with van der Waals surface area (Å²) in [5, 5.41) is 12.4. The Bertz CT molecular complexity index is 951. The van der Waals surface area contributed by atoms with Crippen molar-refractivity contribution in [1.82, 2.24) is 14.0 Å². The summed E-state index contributed by atoms with van der Waals surface area (Å²) in [5.74, 6) is 0.285. The third-order valence-corrected chi connectivity index (χ3v) is 4.71. The van der Waals surface area contributed by atoms with Gasteiger partial charge in [0, 0.05) is 40.3 Å². The zero-order chi connectivity index (χ0) is 18.0. The maximum Gasteiger partial charge on any atom is 0.332 e. The van der Waals surface area contributed by atoms with Crippen molar-refractivity contribution in [2.45, 2.75) is 13.0 Å². The van der Waals surface area contributed by atoms with E-state index in [1.54, 1.807) is 7.05 Å².